The summed E-state index contributed by atoms with van der Waals surface area (Å²) >= 11 is 0. The Labute approximate surface area is 102 Å². The Morgan fingerprint density at radius 2 is 2.24 bits per heavy atom. The molecule has 0 aliphatic heterocycles. The van der Waals surface area contributed by atoms with Crippen LogP contribution in [-0.4, -0.2) is 22.7 Å². The molecule has 92 valence electrons. The lowest BCUT2D eigenvalue weighted by molar-refractivity contribution is 0.235. The Balaban J connectivity index is 2.91. The van der Waals surface area contributed by atoms with Gasteiger partial charge in [0.2, 0.25) is 0 Å². The molecule has 4 nitrogen and oxygen atoms in total. The Morgan fingerprint density at radius 1 is 1.53 bits per heavy atom. The minimum Gasteiger partial charge on any atom is -0.396 e. The zero-order valence-corrected chi connectivity index (χ0v) is 10.6. The molecular formula is C13H19N3O. The third-order valence-corrected chi connectivity index (χ3v) is 2.70. The number of rotatable bonds is 4. The number of aliphatic hydroxyl groups excluding tert-OH is 1. The van der Waals surface area contributed by atoms with Gasteiger partial charge < -0.3 is 10.4 Å². The van der Waals surface area contributed by atoms with Crippen molar-refractivity contribution in [2.24, 2.45) is 5.41 Å². The van der Waals surface area contributed by atoms with Crippen LogP contribution in [0.25, 0.3) is 0 Å². The van der Waals surface area contributed by atoms with E-state index in [1.807, 2.05) is 0 Å². The van der Waals surface area contributed by atoms with Gasteiger partial charge in [0.05, 0.1) is 5.56 Å². The van der Waals surface area contributed by atoms with Gasteiger partial charge in [-0.3, -0.25) is 0 Å². The van der Waals surface area contributed by atoms with Crippen LogP contribution < -0.4 is 5.32 Å². The lowest BCUT2D eigenvalue weighted by Gasteiger charge is -2.31. The van der Waals surface area contributed by atoms with Gasteiger partial charge >= 0.3 is 0 Å². The van der Waals surface area contributed by atoms with E-state index in [1.54, 1.807) is 18.3 Å². The van der Waals surface area contributed by atoms with Crippen LogP contribution in [0.4, 0.5) is 5.82 Å². The van der Waals surface area contributed by atoms with Crippen LogP contribution in [0.2, 0.25) is 0 Å². The highest BCUT2D eigenvalue weighted by Gasteiger charge is 2.24. The van der Waals surface area contributed by atoms with Gasteiger partial charge in [-0.25, -0.2) is 4.98 Å². The van der Waals surface area contributed by atoms with Gasteiger partial charge in [-0.2, -0.15) is 5.26 Å². The summed E-state index contributed by atoms with van der Waals surface area (Å²) in [6.45, 7) is 6.39. The summed E-state index contributed by atoms with van der Waals surface area (Å²) in [5.41, 5.74) is 0.521. The lowest BCUT2D eigenvalue weighted by Crippen LogP contribution is -2.35. The Hall–Kier alpha value is -1.60. The SMILES string of the molecule is CC(C)(C)C(CCO)Nc1ncccc1C#N. The topological polar surface area (TPSA) is 68.9 Å². The Morgan fingerprint density at radius 3 is 2.76 bits per heavy atom. The Bertz CT molecular complexity index is 404. The first kappa shape index (κ1) is 13.5. The summed E-state index contributed by atoms with van der Waals surface area (Å²) in [7, 11) is 0. The van der Waals surface area contributed by atoms with Crippen molar-refractivity contribution in [3.05, 3.63) is 23.9 Å². The molecule has 0 fully saturated rings. The van der Waals surface area contributed by atoms with Crippen LogP contribution in [0.15, 0.2) is 18.3 Å². The van der Waals surface area contributed by atoms with E-state index in [2.05, 4.69) is 37.1 Å². The highest BCUT2D eigenvalue weighted by Crippen LogP contribution is 2.25. The molecule has 0 saturated carbocycles. The van der Waals surface area contributed by atoms with Gasteiger partial charge in [-0.15, -0.1) is 0 Å². The first-order valence-electron chi connectivity index (χ1n) is 5.71. The fourth-order valence-corrected chi connectivity index (χ4v) is 1.63. The molecule has 1 aromatic rings. The molecule has 1 aromatic heterocycles. The smallest absolute Gasteiger partial charge is 0.144 e. The molecule has 0 spiro atoms. The van der Waals surface area contributed by atoms with E-state index in [1.165, 1.54) is 0 Å². The third kappa shape index (κ3) is 3.72. The number of aliphatic hydroxyl groups is 1. The summed E-state index contributed by atoms with van der Waals surface area (Å²) in [6.07, 6.45) is 2.28. The van der Waals surface area contributed by atoms with E-state index >= 15 is 0 Å². The van der Waals surface area contributed by atoms with Gasteiger partial charge in [-0.05, 0) is 24.0 Å². The van der Waals surface area contributed by atoms with Crippen LogP contribution in [0, 0.1) is 16.7 Å². The summed E-state index contributed by atoms with van der Waals surface area (Å²) < 4.78 is 0. The number of hydrogen-bond acceptors (Lipinski definition) is 4. The molecular weight excluding hydrogens is 214 g/mol. The Kier molecular flexibility index (Phi) is 4.47. The highest BCUT2D eigenvalue weighted by molar-refractivity contribution is 5.51. The van der Waals surface area contributed by atoms with Crippen molar-refractivity contribution in [1.29, 1.82) is 5.26 Å². The predicted octanol–water partition coefficient (Wildman–Crippen LogP) is 2.16. The van der Waals surface area contributed by atoms with E-state index in [-0.39, 0.29) is 18.1 Å². The van der Waals surface area contributed by atoms with Crippen LogP contribution in [0.1, 0.15) is 32.8 Å². The van der Waals surface area contributed by atoms with Crippen molar-refractivity contribution in [2.45, 2.75) is 33.2 Å². The van der Waals surface area contributed by atoms with Crippen molar-refractivity contribution in [1.82, 2.24) is 4.98 Å². The van der Waals surface area contributed by atoms with Crippen molar-refractivity contribution in [3.63, 3.8) is 0 Å². The lowest BCUT2D eigenvalue weighted by atomic mass is 9.85. The zero-order chi connectivity index (χ0) is 12.9. The van der Waals surface area contributed by atoms with Crippen molar-refractivity contribution >= 4 is 5.82 Å². The fourth-order valence-electron chi connectivity index (χ4n) is 1.63. The molecule has 0 amide bonds. The molecule has 4 heteroatoms. The molecule has 0 aliphatic carbocycles. The number of hydrogen-bond donors (Lipinski definition) is 2. The minimum atomic E-state index is -0.00697. The van der Waals surface area contributed by atoms with Crippen LogP contribution in [0.3, 0.4) is 0 Å². The molecule has 0 aliphatic rings. The summed E-state index contributed by atoms with van der Waals surface area (Å²) in [4.78, 5) is 4.17. The standard InChI is InChI=1S/C13H19N3O/c1-13(2,3)11(6-8-17)16-12-10(9-14)5-4-7-15-12/h4-5,7,11,17H,6,8H2,1-3H3,(H,15,16). The van der Waals surface area contributed by atoms with Crippen LogP contribution in [-0.2, 0) is 0 Å². The van der Waals surface area contributed by atoms with Crippen molar-refractivity contribution < 1.29 is 5.11 Å². The highest BCUT2D eigenvalue weighted by atomic mass is 16.3. The van der Waals surface area contributed by atoms with Crippen molar-refractivity contribution in [2.75, 3.05) is 11.9 Å². The second kappa shape index (κ2) is 5.65. The number of nitriles is 1. The molecule has 2 N–H and O–H groups in total. The first-order chi connectivity index (χ1) is 7.99. The van der Waals surface area contributed by atoms with E-state index < -0.39 is 0 Å². The third-order valence-electron chi connectivity index (χ3n) is 2.70. The number of aromatic nitrogens is 1. The maximum Gasteiger partial charge on any atom is 0.144 e. The molecule has 17 heavy (non-hydrogen) atoms. The van der Waals surface area contributed by atoms with Crippen molar-refractivity contribution in [3.8, 4) is 6.07 Å². The molecule has 0 aromatic carbocycles. The maximum atomic E-state index is 9.08. The minimum absolute atomic E-state index is 0.00697. The number of nitrogens with one attached hydrogen (secondary N) is 1. The van der Waals surface area contributed by atoms with Crippen LogP contribution >= 0.6 is 0 Å². The second-order valence-electron chi connectivity index (χ2n) is 5.09. The largest absolute Gasteiger partial charge is 0.396 e. The van der Waals surface area contributed by atoms with E-state index in [0.29, 0.717) is 17.8 Å². The monoisotopic (exact) mass is 233 g/mol. The maximum absolute atomic E-state index is 9.08. The molecule has 1 atom stereocenters. The molecule has 0 radical (unpaired) electrons. The number of pyridine rings is 1. The van der Waals surface area contributed by atoms with Gasteiger partial charge in [0, 0.05) is 18.8 Å². The van der Waals surface area contributed by atoms with Gasteiger partial charge in [0.1, 0.15) is 11.9 Å². The normalized spacial score (nSPS) is 12.9. The molecule has 1 unspecified atom stereocenters. The second-order valence-corrected chi connectivity index (χ2v) is 5.09. The first-order valence-corrected chi connectivity index (χ1v) is 5.71. The van der Waals surface area contributed by atoms with Crippen LogP contribution in [0.5, 0.6) is 0 Å². The van der Waals surface area contributed by atoms with Gasteiger partial charge in [0.15, 0.2) is 0 Å². The average Bonchev–Trinajstić information content (AvgIpc) is 2.28. The molecule has 0 bridgehead atoms. The number of nitrogens with zero attached hydrogens (tertiary/aromatic N) is 2. The molecule has 1 heterocycles. The van der Waals surface area contributed by atoms with Gasteiger partial charge in [0.25, 0.3) is 0 Å². The van der Waals surface area contributed by atoms with E-state index in [4.69, 9.17) is 10.4 Å². The molecule has 0 saturated heterocycles. The van der Waals surface area contributed by atoms with E-state index in [0.717, 1.165) is 0 Å². The zero-order valence-electron chi connectivity index (χ0n) is 10.6. The quantitative estimate of drug-likeness (QED) is 0.836. The molecule has 1 rings (SSSR count). The summed E-state index contributed by atoms with van der Waals surface area (Å²) in [5.74, 6) is 0.586. The van der Waals surface area contributed by atoms with Gasteiger partial charge in [-0.1, -0.05) is 20.8 Å². The fraction of sp³-hybridized carbons (Fsp3) is 0.538. The number of anilines is 1. The van der Waals surface area contributed by atoms with E-state index in [9.17, 15) is 0 Å². The summed E-state index contributed by atoms with van der Waals surface area (Å²) in [5, 5.41) is 21.3. The predicted molar refractivity (Wildman–Crippen MR) is 67.5 cm³/mol. The average molecular weight is 233 g/mol. The summed E-state index contributed by atoms with van der Waals surface area (Å²) in [6, 6.07) is 5.65.